The van der Waals surface area contributed by atoms with Gasteiger partial charge in [-0.3, -0.25) is 18.7 Å². The number of para-hydroxylation sites is 1. The van der Waals surface area contributed by atoms with Crippen molar-refractivity contribution in [2.75, 3.05) is 12.0 Å². The topological polar surface area (TPSA) is 139 Å². The number of benzene rings is 1. The summed E-state index contributed by atoms with van der Waals surface area (Å²) in [5.41, 5.74) is 8.55. The quantitative estimate of drug-likeness (QED) is 0.440. The van der Waals surface area contributed by atoms with Crippen LogP contribution in [0.4, 0.5) is 5.95 Å². The van der Waals surface area contributed by atoms with Crippen LogP contribution in [0, 0.1) is 0 Å². The third-order valence-corrected chi connectivity index (χ3v) is 4.41. The van der Waals surface area contributed by atoms with E-state index in [1.807, 2.05) is 0 Å². The van der Waals surface area contributed by atoms with Crippen molar-refractivity contribution in [3.05, 3.63) is 50.7 Å². The smallest absolute Gasteiger partial charge is 0.332 e. The van der Waals surface area contributed by atoms with Crippen molar-refractivity contribution in [3.63, 3.8) is 0 Å². The molecule has 152 valence electrons. The van der Waals surface area contributed by atoms with Gasteiger partial charge in [0.25, 0.3) is 11.5 Å². The van der Waals surface area contributed by atoms with Crippen molar-refractivity contribution < 1.29 is 9.53 Å². The highest BCUT2D eigenvalue weighted by Crippen LogP contribution is 2.17. The minimum absolute atomic E-state index is 0.0987. The zero-order valence-electron chi connectivity index (χ0n) is 16.5. The maximum Gasteiger partial charge on any atom is 0.332 e. The number of carbonyl (C=O) groups excluding carboxylic acids is 1. The van der Waals surface area contributed by atoms with Crippen molar-refractivity contribution in [1.82, 2.24) is 18.7 Å². The van der Waals surface area contributed by atoms with Crippen LogP contribution in [0.1, 0.15) is 17.3 Å². The summed E-state index contributed by atoms with van der Waals surface area (Å²) >= 11 is 0. The average molecular weight is 399 g/mol. The molecule has 3 N–H and O–H groups in total. The number of aryl methyl sites for hydroxylation is 2. The van der Waals surface area contributed by atoms with Gasteiger partial charge in [-0.15, -0.1) is 0 Å². The Morgan fingerprint density at radius 3 is 2.55 bits per heavy atom. The number of hydrogen-bond donors (Lipinski definition) is 2. The van der Waals surface area contributed by atoms with Crippen molar-refractivity contribution >= 4 is 28.7 Å². The first-order valence-corrected chi connectivity index (χ1v) is 8.65. The summed E-state index contributed by atoms with van der Waals surface area (Å²) in [5.74, 6) is 0.0613. The van der Waals surface area contributed by atoms with Crippen LogP contribution < -0.4 is 27.1 Å². The number of hydrogen-bond acceptors (Lipinski definition) is 7. The Morgan fingerprint density at radius 1 is 1.17 bits per heavy atom. The predicted molar refractivity (Wildman–Crippen MR) is 108 cm³/mol. The zero-order chi connectivity index (χ0) is 21.3. The molecule has 3 rings (SSSR count). The Kier molecular flexibility index (Phi) is 5.22. The van der Waals surface area contributed by atoms with Gasteiger partial charge in [0.1, 0.15) is 12.4 Å². The molecule has 29 heavy (non-hydrogen) atoms. The number of anilines is 1. The number of primary amides is 1. The van der Waals surface area contributed by atoms with E-state index < -0.39 is 17.2 Å². The highest BCUT2D eigenvalue weighted by Gasteiger charge is 2.16. The number of hydrazone groups is 1. The fraction of sp³-hybridized carbons (Fsp3) is 0.278. The Hall–Kier alpha value is -3.89. The number of ether oxygens (including phenoxy) is 1. The molecule has 0 aliphatic heterocycles. The number of fused-ring (bicyclic) bond motifs is 1. The molecule has 11 heteroatoms. The van der Waals surface area contributed by atoms with Gasteiger partial charge in [0.15, 0.2) is 11.2 Å². The van der Waals surface area contributed by atoms with Crippen molar-refractivity contribution in [1.29, 1.82) is 0 Å². The number of nitrogens with zero attached hydrogens (tertiary/aromatic N) is 5. The molecular formula is C18H21N7O4. The molecule has 0 bridgehead atoms. The maximum absolute atomic E-state index is 12.4. The third kappa shape index (κ3) is 3.61. The molecule has 3 aromatic rings. The lowest BCUT2D eigenvalue weighted by atomic mass is 10.2. The lowest BCUT2D eigenvalue weighted by Crippen LogP contribution is -2.37. The summed E-state index contributed by atoms with van der Waals surface area (Å²) in [5, 5.41) is 4.19. The van der Waals surface area contributed by atoms with Crippen LogP contribution in [0.25, 0.3) is 11.2 Å². The number of amides is 1. The molecule has 0 radical (unpaired) electrons. The molecular weight excluding hydrogens is 378 g/mol. The second kappa shape index (κ2) is 7.62. The first-order valence-electron chi connectivity index (χ1n) is 8.65. The Bertz CT molecular complexity index is 1250. The standard InChI is InChI=1S/C18H21N7O4/c1-10(9-29-12-8-6-5-7-11(12)14(19)26)21-22-17-20-15-13(23(17)2)16(27)25(4)18(28)24(15)3/h5-8H,9H2,1-4H3,(H2,19,26)(H,20,22). The number of aromatic nitrogens is 4. The van der Waals surface area contributed by atoms with Crippen molar-refractivity contribution in [2.24, 2.45) is 32.0 Å². The third-order valence-electron chi connectivity index (χ3n) is 4.41. The summed E-state index contributed by atoms with van der Waals surface area (Å²) in [7, 11) is 4.60. The van der Waals surface area contributed by atoms with E-state index in [9.17, 15) is 14.4 Å². The summed E-state index contributed by atoms with van der Waals surface area (Å²) in [6.07, 6.45) is 0. The molecule has 0 spiro atoms. The fourth-order valence-electron chi connectivity index (χ4n) is 2.77. The van der Waals surface area contributed by atoms with E-state index in [1.165, 1.54) is 16.2 Å². The molecule has 1 amide bonds. The Balaban J connectivity index is 1.82. The molecule has 0 fully saturated rings. The van der Waals surface area contributed by atoms with Crippen LogP contribution in [0.2, 0.25) is 0 Å². The van der Waals surface area contributed by atoms with E-state index in [2.05, 4.69) is 15.5 Å². The first-order chi connectivity index (χ1) is 13.7. The fourth-order valence-corrected chi connectivity index (χ4v) is 2.77. The number of rotatable bonds is 6. The van der Waals surface area contributed by atoms with Gasteiger partial charge < -0.3 is 15.0 Å². The first kappa shape index (κ1) is 19.9. The molecule has 0 atom stereocenters. The molecule has 0 aliphatic rings. The Morgan fingerprint density at radius 2 is 1.86 bits per heavy atom. The van der Waals surface area contributed by atoms with Gasteiger partial charge in [0, 0.05) is 21.1 Å². The van der Waals surface area contributed by atoms with Gasteiger partial charge in [-0.2, -0.15) is 10.1 Å². The minimum atomic E-state index is -0.583. The van der Waals surface area contributed by atoms with E-state index >= 15 is 0 Å². The summed E-state index contributed by atoms with van der Waals surface area (Å²) in [6, 6.07) is 6.64. The molecule has 1 aromatic carbocycles. The molecule has 2 heterocycles. The molecule has 0 saturated heterocycles. The minimum Gasteiger partial charge on any atom is -0.487 e. The molecule has 0 saturated carbocycles. The van der Waals surface area contributed by atoms with Crippen LogP contribution in [0.5, 0.6) is 5.75 Å². The van der Waals surface area contributed by atoms with E-state index in [-0.39, 0.29) is 29.3 Å². The van der Waals surface area contributed by atoms with Crippen LogP contribution >= 0.6 is 0 Å². The van der Waals surface area contributed by atoms with Crippen LogP contribution in [0.3, 0.4) is 0 Å². The van der Waals surface area contributed by atoms with E-state index in [0.717, 1.165) is 4.57 Å². The normalized spacial score (nSPS) is 11.7. The van der Waals surface area contributed by atoms with Crippen molar-refractivity contribution in [2.45, 2.75) is 6.92 Å². The largest absolute Gasteiger partial charge is 0.487 e. The van der Waals surface area contributed by atoms with Crippen LogP contribution in [-0.4, -0.2) is 36.9 Å². The van der Waals surface area contributed by atoms with Gasteiger partial charge >= 0.3 is 5.69 Å². The summed E-state index contributed by atoms with van der Waals surface area (Å²) in [4.78, 5) is 40.2. The van der Waals surface area contributed by atoms with Crippen LogP contribution in [0.15, 0.2) is 39.0 Å². The monoisotopic (exact) mass is 399 g/mol. The number of nitrogens with one attached hydrogen (secondary N) is 1. The molecule has 11 nitrogen and oxygen atoms in total. The van der Waals surface area contributed by atoms with Gasteiger partial charge in [-0.25, -0.2) is 10.2 Å². The zero-order valence-corrected chi connectivity index (χ0v) is 16.5. The van der Waals surface area contributed by atoms with Gasteiger partial charge in [0.2, 0.25) is 5.95 Å². The molecule has 0 unspecified atom stereocenters. The lowest BCUT2D eigenvalue weighted by molar-refractivity contribution is 0.0997. The number of nitrogens with two attached hydrogens (primary N) is 1. The average Bonchev–Trinajstić information content (AvgIpc) is 3.04. The highest BCUT2D eigenvalue weighted by atomic mass is 16.5. The van der Waals surface area contributed by atoms with Crippen LogP contribution in [-0.2, 0) is 21.1 Å². The second-order valence-electron chi connectivity index (χ2n) is 6.48. The maximum atomic E-state index is 12.4. The lowest BCUT2D eigenvalue weighted by Gasteiger charge is -2.09. The highest BCUT2D eigenvalue weighted by molar-refractivity contribution is 5.95. The number of carbonyl (C=O) groups is 1. The summed E-state index contributed by atoms with van der Waals surface area (Å²) in [6.45, 7) is 1.82. The van der Waals surface area contributed by atoms with Gasteiger partial charge in [-0.05, 0) is 19.1 Å². The van der Waals surface area contributed by atoms with E-state index in [1.54, 1.807) is 45.3 Å². The van der Waals surface area contributed by atoms with E-state index in [0.29, 0.717) is 11.5 Å². The molecule has 2 aromatic heterocycles. The predicted octanol–water partition coefficient (Wildman–Crippen LogP) is -0.0636. The summed E-state index contributed by atoms with van der Waals surface area (Å²) < 4.78 is 9.45. The van der Waals surface area contributed by atoms with Gasteiger partial charge in [-0.1, -0.05) is 12.1 Å². The van der Waals surface area contributed by atoms with Crippen molar-refractivity contribution in [3.8, 4) is 5.75 Å². The SMILES string of the molecule is CC(COc1ccccc1C(N)=O)=NNc1nc2c(c(=O)n(C)c(=O)n2C)n1C. The van der Waals surface area contributed by atoms with Gasteiger partial charge in [0.05, 0.1) is 11.3 Å². The molecule has 0 aliphatic carbocycles. The number of imidazole rings is 1. The second-order valence-corrected chi connectivity index (χ2v) is 6.48. The Labute approximate surface area is 165 Å². The van der Waals surface area contributed by atoms with E-state index in [4.69, 9.17) is 10.5 Å².